The molecule has 8 heteroatoms. The SMILES string of the molecule is NCCc1nc(-c2nc(C3CSCCO3)no2)cs1. The lowest BCUT2D eigenvalue weighted by molar-refractivity contribution is 0.0677. The quantitative estimate of drug-likeness (QED) is 0.915. The molecular weight excluding hydrogens is 284 g/mol. The molecule has 0 radical (unpaired) electrons. The van der Waals surface area contributed by atoms with Crippen molar-refractivity contribution in [2.24, 2.45) is 5.73 Å². The predicted octanol–water partition coefficient (Wildman–Crippen LogP) is 1.50. The Labute approximate surface area is 118 Å². The van der Waals surface area contributed by atoms with Gasteiger partial charge in [-0.1, -0.05) is 5.16 Å². The average Bonchev–Trinajstić information content (AvgIpc) is 3.08. The van der Waals surface area contributed by atoms with Gasteiger partial charge in [0.1, 0.15) is 11.8 Å². The molecule has 0 aliphatic carbocycles. The van der Waals surface area contributed by atoms with Crippen LogP contribution in [-0.2, 0) is 11.2 Å². The van der Waals surface area contributed by atoms with Crippen molar-refractivity contribution in [1.29, 1.82) is 0 Å². The van der Waals surface area contributed by atoms with Gasteiger partial charge in [-0.05, 0) is 6.54 Å². The molecule has 0 bridgehead atoms. The van der Waals surface area contributed by atoms with E-state index in [-0.39, 0.29) is 6.10 Å². The predicted molar refractivity (Wildman–Crippen MR) is 74.2 cm³/mol. The van der Waals surface area contributed by atoms with Crippen molar-refractivity contribution >= 4 is 23.1 Å². The second-order valence-electron chi connectivity index (χ2n) is 4.06. The van der Waals surface area contributed by atoms with Gasteiger partial charge in [-0.25, -0.2) is 4.98 Å². The molecule has 1 aliphatic rings. The van der Waals surface area contributed by atoms with Crippen LogP contribution in [0.5, 0.6) is 0 Å². The van der Waals surface area contributed by atoms with E-state index in [2.05, 4.69) is 15.1 Å². The lowest BCUT2D eigenvalue weighted by Gasteiger charge is -2.18. The third-order valence-corrected chi connectivity index (χ3v) is 4.58. The number of hydrogen-bond acceptors (Lipinski definition) is 8. The lowest BCUT2D eigenvalue weighted by Crippen LogP contribution is -2.16. The number of aromatic nitrogens is 3. The molecule has 6 nitrogen and oxygen atoms in total. The summed E-state index contributed by atoms with van der Waals surface area (Å²) in [5.74, 6) is 2.95. The minimum absolute atomic E-state index is 0.0709. The van der Waals surface area contributed by atoms with Crippen LogP contribution in [0.15, 0.2) is 9.90 Å². The standard InChI is InChI=1S/C11H14N4O2S2/c12-2-1-9-13-7(5-19-9)11-14-10(15-17-11)8-6-18-4-3-16-8/h5,8H,1-4,6,12H2. The Bertz CT molecular complexity index is 536. The normalized spacial score (nSPS) is 19.7. The molecule has 102 valence electrons. The summed E-state index contributed by atoms with van der Waals surface area (Å²) in [4.78, 5) is 8.80. The van der Waals surface area contributed by atoms with Crippen molar-refractivity contribution < 1.29 is 9.26 Å². The van der Waals surface area contributed by atoms with E-state index in [4.69, 9.17) is 15.0 Å². The van der Waals surface area contributed by atoms with E-state index in [0.717, 1.165) is 35.2 Å². The fourth-order valence-corrected chi connectivity index (χ4v) is 3.38. The van der Waals surface area contributed by atoms with Gasteiger partial charge >= 0.3 is 0 Å². The van der Waals surface area contributed by atoms with Crippen molar-refractivity contribution in [3.05, 3.63) is 16.2 Å². The maximum absolute atomic E-state index is 5.62. The molecule has 1 atom stereocenters. The molecule has 1 saturated heterocycles. The van der Waals surface area contributed by atoms with Crippen LogP contribution in [-0.4, -0.2) is 39.8 Å². The van der Waals surface area contributed by atoms with E-state index in [0.29, 0.717) is 18.3 Å². The summed E-state index contributed by atoms with van der Waals surface area (Å²) in [7, 11) is 0. The van der Waals surface area contributed by atoms with Crippen molar-refractivity contribution in [2.75, 3.05) is 24.7 Å². The van der Waals surface area contributed by atoms with Crippen molar-refractivity contribution in [2.45, 2.75) is 12.5 Å². The van der Waals surface area contributed by atoms with Crippen LogP contribution in [0.3, 0.4) is 0 Å². The number of thiazole rings is 1. The molecule has 3 rings (SSSR count). The number of ether oxygens (including phenoxy) is 1. The second-order valence-corrected chi connectivity index (χ2v) is 6.15. The topological polar surface area (TPSA) is 87.1 Å². The summed E-state index contributed by atoms with van der Waals surface area (Å²) in [5.41, 5.74) is 6.22. The summed E-state index contributed by atoms with van der Waals surface area (Å²) < 4.78 is 10.9. The largest absolute Gasteiger partial charge is 0.368 e. The first-order valence-electron chi connectivity index (χ1n) is 6.04. The fraction of sp³-hybridized carbons (Fsp3) is 0.545. The van der Waals surface area contributed by atoms with Gasteiger partial charge in [0.15, 0.2) is 0 Å². The summed E-state index contributed by atoms with van der Waals surface area (Å²) in [6.07, 6.45) is 0.701. The zero-order chi connectivity index (χ0) is 13.1. The highest BCUT2D eigenvalue weighted by atomic mass is 32.2. The first-order chi connectivity index (χ1) is 9.36. The van der Waals surface area contributed by atoms with Crippen LogP contribution in [0.4, 0.5) is 0 Å². The Hall–Kier alpha value is -0.960. The minimum atomic E-state index is -0.0709. The molecule has 0 amide bonds. The summed E-state index contributed by atoms with van der Waals surface area (Å²) >= 11 is 3.40. The van der Waals surface area contributed by atoms with Gasteiger partial charge in [0.2, 0.25) is 5.82 Å². The minimum Gasteiger partial charge on any atom is -0.368 e. The molecule has 1 unspecified atom stereocenters. The van der Waals surface area contributed by atoms with Gasteiger partial charge in [0, 0.05) is 23.3 Å². The summed E-state index contributed by atoms with van der Waals surface area (Å²) in [6, 6.07) is 0. The van der Waals surface area contributed by atoms with E-state index >= 15 is 0 Å². The van der Waals surface area contributed by atoms with Crippen molar-refractivity contribution in [3.8, 4) is 11.6 Å². The number of nitrogens with two attached hydrogens (primary N) is 1. The zero-order valence-corrected chi connectivity index (χ0v) is 11.9. The number of hydrogen-bond donors (Lipinski definition) is 1. The Morgan fingerprint density at radius 1 is 1.42 bits per heavy atom. The first kappa shape index (κ1) is 13.0. The maximum Gasteiger partial charge on any atom is 0.277 e. The molecule has 2 aromatic rings. The van der Waals surface area contributed by atoms with E-state index < -0.39 is 0 Å². The molecule has 0 saturated carbocycles. The summed E-state index contributed by atoms with van der Waals surface area (Å²) in [6.45, 7) is 1.33. The smallest absolute Gasteiger partial charge is 0.277 e. The fourth-order valence-electron chi connectivity index (χ4n) is 1.75. The van der Waals surface area contributed by atoms with Crippen LogP contribution in [0.2, 0.25) is 0 Å². The lowest BCUT2D eigenvalue weighted by atomic mass is 10.4. The third-order valence-electron chi connectivity index (χ3n) is 2.67. The monoisotopic (exact) mass is 298 g/mol. The van der Waals surface area contributed by atoms with E-state index in [1.165, 1.54) is 0 Å². The summed E-state index contributed by atoms with van der Waals surface area (Å²) in [5, 5.41) is 6.89. The molecule has 0 aromatic carbocycles. The molecule has 19 heavy (non-hydrogen) atoms. The molecule has 0 spiro atoms. The third kappa shape index (κ3) is 2.97. The van der Waals surface area contributed by atoms with Crippen molar-refractivity contribution in [3.63, 3.8) is 0 Å². The van der Waals surface area contributed by atoms with Gasteiger partial charge in [0.05, 0.1) is 11.6 Å². The van der Waals surface area contributed by atoms with Gasteiger partial charge in [-0.3, -0.25) is 0 Å². The molecule has 1 fully saturated rings. The van der Waals surface area contributed by atoms with E-state index in [9.17, 15) is 0 Å². The van der Waals surface area contributed by atoms with Crippen molar-refractivity contribution in [1.82, 2.24) is 15.1 Å². The number of nitrogens with zero attached hydrogens (tertiary/aromatic N) is 3. The Morgan fingerprint density at radius 2 is 2.37 bits per heavy atom. The molecule has 2 aromatic heterocycles. The highest BCUT2D eigenvalue weighted by Crippen LogP contribution is 2.27. The van der Waals surface area contributed by atoms with E-state index in [1.807, 2.05) is 17.1 Å². The molecule has 2 N–H and O–H groups in total. The van der Waals surface area contributed by atoms with Crippen LogP contribution >= 0.6 is 23.1 Å². The Morgan fingerprint density at radius 3 is 3.16 bits per heavy atom. The van der Waals surface area contributed by atoms with Gasteiger partial charge < -0.3 is 15.0 Å². The van der Waals surface area contributed by atoms with Gasteiger partial charge in [-0.2, -0.15) is 16.7 Å². The van der Waals surface area contributed by atoms with Crippen LogP contribution < -0.4 is 5.73 Å². The molecule has 1 aliphatic heterocycles. The van der Waals surface area contributed by atoms with E-state index in [1.54, 1.807) is 11.3 Å². The Balaban J connectivity index is 1.75. The van der Waals surface area contributed by atoms with Crippen LogP contribution in [0, 0.1) is 0 Å². The highest BCUT2D eigenvalue weighted by Gasteiger charge is 2.23. The number of thioether (sulfide) groups is 1. The molecular formula is C11H14N4O2S2. The van der Waals surface area contributed by atoms with Crippen LogP contribution in [0.1, 0.15) is 16.9 Å². The van der Waals surface area contributed by atoms with Gasteiger partial charge in [-0.15, -0.1) is 11.3 Å². The molecule has 3 heterocycles. The Kier molecular flexibility index (Phi) is 4.12. The first-order valence-corrected chi connectivity index (χ1v) is 8.08. The zero-order valence-electron chi connectivity index (χ0n) is 10.2. The average molecular weight is 298 g/mol. The van der Waals surface area contributed by atoms with Crippen LogP contribution in [0.25, 0.3) is 11.6 Å². The number of rotatable bonds is 4. The maximum atomic E-state index is 5.62. The second kappa shape index (κ2) is 6.00. The van der Waals surface area contributed by atoms with Gasteiger partial charge in [0.25, 0.3) is 5.89 Å². The highest BCUT2D eigenvalue weighted by molar-refractivity contribution is 7.99.